The molecule has 0 rings (SSSR count). The van der Waals surface area contributed by atoms with Gasteiger partial charge in [0.05, 0.1) is 26.1 Å². The Balaban J connectivity index is 3.53. The number of unbranched alkanes of at least 4 members (excludes halogenated alkanes) is 9. The summed E-state index contributed by atoms with van der Waals surface area (Å²) in [7, 11) is 0. The van der Waals surface area contributed by atoms with Gasteiger partial charge in [-0.1, -0.05) is 97.1 Å². The molecule has 176 valence electrons. The van der Waals surface area contributed by atoms with Gasteiger partial charge >= 0.3 is 11.9 Å². The Morgan fingerprint density at radius 3 is 1.90 bits per heavy atom. The van der Waals surface area contributed by atoms with Crippen molar-refractivity contribution in [1.82, 2.24) is 0 Å². The van der Waals surface area contributed by atoms with Gasteiger partial charge in [0.2, 0.25) is 0 Å². The van der Waals surface area contributed by atoms with E-state index in [1.807, 2.05) is 0 Å². The maximum absolute atomic E-state index is 11.8. The summed E-state index contributed by atoms with van der Waals surface area (Å²) < 4.78 is 10.5. The van der Waals surface area contributed by atoms with Crippen molar-refractivity contribution in [2.75, 3.05) is 13.2 Å². The number of rotatable bonds is 21. The molecule has 1 unspecified atom stereocenters. The largest absolute Gasteiger partial charge is 0.465 e. The van der Waals surface area contributed by atoms with Gasteiger partial charge in [0.1, 0.15) is 0 Å². The molecule has 0 aromatic heterocycles. The molecule has 1 atom stereocenters. The number of carbonyl (C=O) groups excluding carboxylic acids is 2. The number of allylic oxidation sites excluding steroid dienone is 1. The molecule has 0 spiro atoms. The number of carbonyl (C=O) groups is 2. The second-order valence-corrected chi connectivity index (χ2v) is 8.34. The van der Waals surface area contributed by atoms with Crippen molar-refractivity contribution in [3.8, 4) is 0 Å². The molecule has 30 heavy (non-hydrogen) atoms. The van der Waals surface area contributed by atoms with Crippen molar-refractivity contribution in [1.29, 1.82) is 0 Å². The van der Waals surface area contributed by atoms with Crippen LogP contribution in [0.25, 0.3) is 0 Å². The van der Waals surface area contributed by atoms with Crippen LogP contribution < -0.4 is 0 Å². The predicted octanol–water partition coefficient (Wildman–Crippen LogP) is 7.55. The monoisotopic (exact) mass is 424 g/mol. The van der Waals surface area contributed by atoms with Crippen molar-refractivity contribution in [2.45, 2.75) is 124 Å². The van der Waals surface area contributed by atoms with E-state index in [0.29, 0.717) is 19.1 Å². The van der Waals surface area contributed by atoms with Crippen molar-refractivity contribution in [3.05, 3.63) is 12.2 Å². The van der Waals surface area contributed by atoms with Gasteiger partial charge in [-0.2, -0.15) is 0 Å². The lowest BCUT2D eigenvalue weighted by Gasteiger charge is -2.14. The molecule has 0 aromatic carbocycles. The van der Waals surface area contributed by atoms with E-state index >= 15 is 0 Å². The minimum atomic E-state index is -0.318. The van der Waals surface area contributed by atoms with Gasteiger partial charge < -0.3 is 9.47 Å². The van der Waals surface area contributed by atoms with Crippen LogP contribution in [0.3, 0.4) is 0 Å². The molecule has 0 radical (unpaired) electrons. The molecule has 0 aliphatic carbocycles. The van der Waals surface area contributed by atoms with Gasteiger partial charge in [-0.3, -0.25) is 9.59 Å². The summed E-state index contributed by atoms with van der Waals surface area (Å²) in [4.78, 5) is 23.5. The molecule has 0 aliphatic rings. The van der Waals surface area contributed by atoms with Crippen LogP contribution >= 0.6 is 0 Å². The number of esters is 2. The van der Waals surface area contributed by atoms with Crippen LogP contribution in [0.5, 0.6) is 0 Å². The van der Waals surface area contributed by atoms with Gasteiger partial charge in [0.25, 0.3) is 0 Å². The summed E-state index contributed by atoms with van der Waals surface area (Å²) >= 11 is 0. The first kappa shape index (κ1) is 28.7. The molecule has 0 N–H and O–H groups in total. The molecular weight excluding hydrogens is 376 g/mol. The standard InChI is InChI=1S/C26H48O4/c1-4-7-9-10-11-12-13-14-15-16-17-18-22-29-25(27)20-21-26(28)30-23-24(6-3)19-8-5-2/h16-17,24H,4-15,18-23H2,1-3H3/b17-16+. The van der Waals surface area contributed by atoms with E-state index in [-0.39, 0.29) is 24.8 Å². The molecular formula is C26H48O4. The lowest BCUT2D eigenvalue weighted by atomic mass is 10.0. The normalized spacial score (nSPS) is 12.2. The van der Waals surface area contributed by atoms with Gasteiger partial charge in [-0.05, 0) is 31.6 Å². The fraction of sp³-hybridized carbons (Fsp3) is 0.846. The zero-order valence-electron chi connectivity index (χ0n) is 20.1. The lowest BCUT2D eigenvalue weighted by molar-refractivity contribution is -0.151. The highest BCUT2D eigenvalue weighted by molar-refractivity contribution is 5.77. The zero-order chi connectivity index (χ0) is 22.3. The van der Waals surface area contributed by atoms with E-state index in [1.54, 1.807) is 0 Å². The highest BCUT2D eigenvalue weighted by Gasteiger charge is 2.12. The van der Waals surface area contributed by atoms with E-state index < -0.39 is 0 Å². The second-order valence-electron chi connectivity index (χ2n) is 8.34. The average Bonchev–Trinajstić information content (AvgIpc) is 2.75. The fourth-order valence-electron chi connectivity index (χ4n) is 3.33. The van der Waals surface area contributed by atoms with Crippen LogP contribution in [-0.4, -0.2) is 25.2 Å². The fourth-order valence-corrected chi connectivity index (χ4v) is 3.33. The van der Waals surface area contributed by atoms with E-state index in [0.717, 1.165) is 38.5 Å². The summed E-state index contributed by atoms with van der Waals surface area (Å²) in [6.07, 6.45) is 21.5. The maximum Gasteiger partial charge on any atom is 0.306 e. The lowest BCUT2D eigenvalue weighted by Crippen LogP contribution is -2.15. The molecule has 0 bridgehead atoms. The third-order valence-corrected chi connectivity index (χ3v) is 5.50. The SMILES string of the molecule is CCCCCCCCCC/C=C/CCOC(=O)CCC(=O)OCC(CC)CCCC. The van der Waals surface area contributed by atoms with E-state index in [9.17, 15) is 9.59 Å². The zero-order valence-corrected chi connectivity index (χ0v) is 20.1. The van der Waals surface area contributed by atoms with Gasteiger partial charge in [-0.25, -0.2) is 0 Å². The highest BCUT2D eigenvalue weighted by atomic mass is 16.5. The minimum absolute atomic E-state index is 0.104. The third kappa shape index (κ3) is 20.0. The molecule has 0 fully saturated rings. The minimum Gasteiger partial charge on any atom is -0.465 e. The molecule has 0 aliphatic heterocycles. The summed E-state index contributed by atoms with van der Waals surface area (Å²) in [5, 5.41) is 0. The number of hydrogen-bond acceptors (Lipinski definition) is 4. The first-order chi connectivity index (χ1) is 14.6. The van der Waals surface area contributed by atoms with E-state index in [1.165, 1.54) is 51.4 Å². The molecule has 0 heterocycles. The predicted molar refractivity (Wildman–Crippen MR) is 125 cm³/mol. The van der Waals surface area contributed by atoms with Crippen LogP contribution in [0.4, 0.5) is 0 Å². The third-order valence-electron chi connectivity index (χ3n) is 5.50. The van der Waals surface area contributed by atoms with E-state index in [4.69, 9.17) is 9.47 Å². The number of hydrogen-bond donors (Lipinski definition) is 0. The summed E-state index contributed by atoms with van der Waals surface area (Å²) in [6, 6.07) is 0. The van der Waals surface area contributed by atoms with Crippen LogP contribution in [0.2, 0.25) is 0 Å². The van der Waals surface area contributed by atoms with Crippen LogP contribution in [-0.2, 0) is 19.1 Å². The Kier molecular flexibility index (Phi) is 21.4. The Morgan fingerprint density at radius 2 is 1.27 bits per heavy atom. The highest BCUT2D eigenvalue weighted by Crippen LogP contribution is 2.13. The van der Waals surface area contributed by atoms with Gasteiger partial charge in [0, 0.05) is 0 Å². The maximum atomic E-state index is 11.8. The first-order valence-corrected chi connectivity index (χ1v) is 12.6. The smallest absolute Gasteiger partial charge is 0.306 e. The molecule has 4 heteroatoms. The Labute approximate surface area is 186 Å². The first-order valence-electron chi connectivity index (χ1n) is 12.6. The Hall–Kier alpha value is -1.32. The molecule has 0 amide bonds. The quantitative estimate of drug-likeness (QED) is 0.108. The van der Waals surface area contributed by atoms with Crippen LogP contribution in [0.15, 0.2) is 12.2 Å². The molecule has 0 saturated carbocycles. The molecule has 0 saturated heterocycles. The second kappa shape index (κ2) is 22.4. The van der Waals surface area contributed by atoms with Crippen molar-refractivity contribution >= 4 is 11.9 Å². The Morgan fingerprint density at radius 1 is 0.700 bits per heavy atom. The summed E-state index contributed by atoms with van der Waals surface area (Å²) in [5.41, 5.74) is 0. The molecule has 0 aromatic rings. The van der Waals surface area contributed by atoms with E-state index in [2.05, 4.69) is 32.9 Å². The topological polar surface area (TPSA) is 52.6 Å². The van der Waals surface area contributed by atoms with Crippen molar-refractivity contribution in [3.63, 3.8) is 0 Å². The van der Waals surface area contributed by atoms with Crippen LogP contribution in [0, 0.1) is 5.92 Å². The van der Waals surface area contributed by atoms with Gasteiger partial charge in [-0.15, -0.1) is 0 Å². The average molecular weight is 425 g/mol. The van der Waals surface area contributed by atoms with Crippen molar-refractivity contribution in [2.24, 2.45) is 5.92 Å². The van der Waals surface area contributed by atoms with Crippen LogP contribution in [0.1, 0.15) is 124 Å². The molecule has 4 nitrogen and oxygen atoms in total. The summed E-state index contributed by atoms with van der Waals surface area (Å²) in [6.45, 7) is 7.39. The number of ether oxygens (including phenoxy) is 2. The van der Waals surface area contributed by atoms with Crippen molar-refractivity contribution < 1.29 is 19.1 Å². The van der Waals surface area contributed by atoms with Gasteiger partial charge in [0.15, 0.2) is 0 Å². The summed E-state index contributed by atoms with van der Waals surface area (Å²) in [5.74, 6) is -0.188. The Bertz CT molecular complexity index is 431.